The van der Waals surface area contributed by atoms with E-state index in [1.807, 2.05) is 27.9 Å². The summed E-state index contributed by atoms with van der Waals surface area (Å²) in [5.74, 6) is 4.91. The standard InChI is InChI=1S/C25H44N2.C5H12.C2H7N.C2H6/c1-16-18-7-10-21-20-9-8-19(17(2)27(5)6)23(20,3)13-14-25(21)15-24(18,25)12-11-22(16)26-4;1-3-5-4-2;1-3-2;1-2/h16-22,26H,7-15H2,1-6H3;3-5H2,1-2H3;3H,1-2H3;1-2H3. The minimum atomic E-state index is 0.615. The predicted octanol–water partition coefficient (Wildman–Crippen LogP) is 8.24. The van der Waals surface area contributed by atoms with Gasteiger partial charge in [-0.05, 0) is 146 Å². The maximum atomic E-state index is 3.66. The third-order valence-electron chi connectivity index (χ3n) is 12.4. The lowest BCUT2D eigenvalue weighted by Crippen LogP contribution is -2.53. The first-order valence-corrected chi connectivity index (χ1v) is 16.6. The Balaban J connectivity index is 0.000000420. The van der Waals surface area contributed by atoms with Crippen LogP contribution < -0.4 is 10.6 Å². The fraction of sp³-hybridized carbons (Fsp3) is 1.00. The molecule has 2 N–H and O–H groups in total. The molecule has 5 aliphatic carbocycles. The maximum Gasteiger partial charge on any atom is 0.00944 e. The summed E-state index contributed by atoms with van der Waals surface area (Å²) in [5, 5.41) is 6.41. The van der Waals surface area contributed by atoms with E-state index in [9.17, 15) is 0 Å². The smallest absolute Gasteiger partial charge is 0.00944 e. The van der Waals surface area contributed by atoms with Gasteiger partial charge in [-0.3, -0.25) is 0 Å². The second-order valence-corrected chi connectivity index (χ2v) is 13.9. The lowest BCUT2D eigenvalue weighted by molar-refractivity contribution is -0.0846. The quantitative estimate of drug-likeness (QED) is 0.383. The fourth-order valence-corrected chi connectivity index (χ4v) is 10.5. The van der Waals surface area contributed by atoms with Gasteiger partial charge in [0.1, 0.15) is 0 Å². The van der Waals surface area contributed by atoms with E-state index in [4.69, 9.17) is 0 Å². The Morgan fingerprint density at radius 2 is 1.35 bits per heavy atom. The maximum absolute atomic E-state index is 3.66. The highest BCUT2D eigenvalue weighted by atomic mass is 15.1. The fourth-order valence-electron chi connectivity index (χ4n) is 10.5. The summed E-state index contributed by atoms with van der Waals surface area (Å²) < 4.78 is 0. The Morgan fingerprint density at radius 3 is 1.86 bits per heavy atom. The van der Waals surface area contributed by atoms with Gasteiger partial charge in [-0.1, -0.05) is 60.8 Å². The number of fused-ring (bicyclic) bond motifs is 2. The van der Waals surface area contributed by atoms with E-state index in [0.717, 1.165) is 52.5 Å². The molecule has 0 aliphatic heterocycles. The molecule has 2 spiro atoms. The van der Waals surface area contributed by atoms with Crippen LogP contribution in [0.1, 0.15) is 126 Å². The zero-order valence-electron chi connectivity index (χ0n) is 27.5. The summed E-state index contributed by atoms with van der Waals surface area (Å²) in [6.07, 6.45) is 17.8. The Bertz CT molecular complexity index is 661. The van der Waals surface area contributed by atoms with E-state index in [1.165, 1.54) is 57.8 Å². The van der Waals surface area contributed by atoms with E-state index in [-0.39, 0.29) is 0 Å². The molecule has 5 saturated carbocycles. The first-order chi connectivity index (χ1) is 17.6. The Morgan fingerprint density at radius 1 is 0.811 bits per heavy atom. The van der Waals surface area contributed by atoms with Crippen molar-refractivity contribution in [1.29, 1.82) is 0 Å². The van der Waals surface area contributed by atoms with Crippen molar-refractivity contribution in [1.82, 2.24) is 15.5 Å². The van der Waals surface area contributed by atoms with Crippen LogP contribution >= 0.6 is 0 Å². The highest BCUT2D eigenvalue weighted by Gasteiger charge is 2.78. The molecule has 0 aromatic carbocycles. The summed E-state index contributed by atoms with van der Waals surface area (Å²) in [6, 6.07) is 1.52. The normalized spacial score (nSPS) is 43.7. The van der Waals surface area contributed by atoms with Crippen LogP contribution in [0.25, 0.3) is 0 Å². The molecule has 0 saturated heterocycles. The minimum absolute atomic E-state index is 0.615. The van der Waals surface area contributed by atoms with Gasteiger partial charge in [-0.25, -0.2) is 0 Å². The second kappa shape index (κ2) is 14.0. The number of hydrogen-bond donors (Lipinski definition) is 2. The predicted molar refractivity (Wildman–Crippen MR) is 165 cm³/mol. The summed E-state index contributed by atoms with van der Waals surface area (Å²) in [5.41, 5.74) is 2.14. The van der Waals surface area contributed by atoms with Gasteiger partial charge in [0.25, 0.3) is 0 Å². The third-order valence-corrected chi connectivity index (χ3v) is 12.4. The summed E-state index contributed by atoms with van der Waals surface area (Å²) >= 11 is 0. The summed E-state index contributed by atoms with van der Waals surface area (Å²) in [7, 11) is 10.5. The van der Waals surface area contributed by atoms with E-state index in [1.54, 1.807) is 19.3 Å². The Hall–Kier alpha value is -0.120. The Labute approximate surface area is 234 Å². The number of hydrogen-bond acceptors (Lipinski definition) is 3. The average Bonchev–Trinajstić information content (AvgIpc) is 3.42. The van der Waals surface area contributed by atoms with Gasteiger partial charge in [-0.2, -0.15) is 0 Å². The molecule has 5 aliphatic rings. The van der Waals surface area contributed by atoms with Crippen LogP contribution in [0.4, 0.5) is 0 Å². The van der Waals surface area contributed by atoms with Gasteiger partial charge < -0.3 is 15.5 Å². The first kappa shape index (κ1) is 33.1. The van der Waals surface area contributed by atoms with Crippen LogP contribution in [0.2, 0.25) is 0 Å². The van der Waals surface area contributed by atoms with Crippen LogP contribution in [0.5, 0.6) is 0 Å². The van der Waals surface area contributed by atoms with Gasteiger partial charge in [0.15, 0.2) is 0 Å². The highest BCUT2D eigenvalue weighted by molar-refractivity contribution is 5.27. The van der Waals surface area contributed by atoms with Crippen molar-refractivity contribution >= 4 is 0 Å². The van der Waals surface area contributed by atoms with Crippen LogP contribution in [0.3, 0.4) is 0 Å². The zero-order chi connectivity index (χ0) is 28.0. The SMILES string of the molecule is CC.CCCCC.CNC.CNC1CCC23CC24CCC2(C)C(C(C)N(C)C)CCC2C4CCC3C1C. The largest absolute Gasteiger partial charge is 0.323 e. The molecule has 0 heterocycles. The molecule has 220 valence electrons. The molecular weight excluding hydrogens is 450 g/mol. The third kappa shape index (κ3) is 5.85. The monoisotopic (exact) mass is 520 g/mol. The van der Waals surface area contributed by atoms with Gasteiger partial charge >= 0.3 is 0 Å². The molecule has 0 bridgehead atoms. The number of nitrogens with zero attached hydrogens (tertiary/aromatic N) is 1. The molecule has 0 amide bonds. The van der Waals surface area contributed by atoms with Crippen molar-refractivity contribution in [2.45, 2.75) is 138 Å². The van der Waals surface area contributed by atoms with Gasteiger partial charge in [-0.15, -0.1) is 0 Å². The second-order valence-electron chi connectivity index (χ2n) is 13.9. The van der Waals surface area contributed by atoms with E-state index in [2.05, 4.69) is 71.3 Å². The summed E-state index contributed by atoms with van der Waals surface area (Å²) in [4.78, 5) is 2.50. The average molecular weight is 520 g/mol. The molecule has 5 fully saturated rings. The lowest BCUT2D eigenvalue weighted by atomic mass is 9.48. The van der Waals surface area contributed by atoms with E-state index in [0.29, 0.717) is 5.41 Å². The molecule has 0 aromatic heterocycles. The van der Waals surface area contributed by atoms with Crippen LogP contribution in [-0.2, 0) is 0 Å². The molecular formula is C34H69N3. The van der Waals surface area contributed by atoms with Crippen molar-refractivity contribution < 1.29 is 0 Å². The molecule has 37 heavy (non-hydrogen) atoms. The minimum Gasteiger partial charge on any atom is -0.323 e. The summed E-state index contributed by atoms with van der Waals surface area (Å²) in [6.45, 7) is 16.2. The van der Waals surface area contributed by atoms with Crippen molar-refractivity contribution in [3.05, 3.63) is 0 Å². The van der Waals surface area contributed by atoms with E-state index >= 15 is 0 Å². The molecule has 10 unspecified atom stereocenters. The van der Waals surface area contributed by atoms with Crippen molar-refractivity contribution in [2.75, 3.05) is 35.2 Å². The van der Waals surface area contributed by atoms with Crippen molar-refractivity contribution in [2.24, 2.45) is 45.8 Å². The number of unbranched alkanes of at least 4 members (excludes halogenated alkanes) is 2. The lowest BCUT2D eigenvalue weighted by Gasteiger charge is -2.58. The highest BCUT2D eigenvalue weighted by Crippen LogP contribution is 2.85. The van der Waals surface area contributed by atoms with Crippen LogP contribution in [0, 0.1) is 45.8 Å². The molecule has 5 rings (SSSR count). The Kier molecular flexibility index (Phi) is 12.5. The molecule has 10 atom stereocenters. The van der Waals surface area contributed by atoms with Crippen molar-refractivity contribution in [3.8, 4) is 0 Å². The van der Waals surface area contributed by atoms with E-state index < -0.39 is 0 Å². The van der Waals surface area contributed by atoms with Crippen LogP contribution in [-0.4, -0.2) is 52.2 Å². The first-order valence-electron chi connectivity index (χ1n) is 16.6. The topological polar surface area (TPSA) is 27.3 Å². The molecule has 3 heteroatoms. The van der Waals surface area contributed by atoms with Gasteiger partial charge in [0.2, 0.25) is 0 Å². The number of rotatable bonds is 5. The number of nitrogens with one attached hydrogen (secondary N) is 2. The van der Waals surface area contributed by atoms with Crippen molar-refractivity contribution in [3.63, 3.8) is 0 Å². The molecule has 0 aromatic rings. The molecule has 3 nitrogen and oxygen atoms in total. The van der Waals surface area contributed by atoms with Gasteiger partial charge in [0.05, 0.1) is 0 Å². The zero-order valence-corrected chi connectivity index (χ0v) is 27.5. The molecule has 0 radical (unpaired) electrons. The van der Waals surface area contributed by atoms with Crippen LogP contribution in [0.15, 0.2) is 0 Å². The van der Waals surface area contributed by atoms with Gasteiger partial charge in [0, 0.05) is 12.1 Å².